The predicted octanol–water partition coefficient (Wildman–Crippen LogP) is 2.69. The van der Waals surface area contributed by atoms with Crippen LogP contribution in [0.15, 0.2) is 18.2 Å². The Bertz CT molecular complexity index is 327. The van der Waals surface area contributed by atoms with Crippen LogP contribution >= 0.6 is 34.2 Å². The monoisotopic (exact) mass is 309 g/mol. The van der Waals surface area contributed by atoms with E-state index in [1.54, 1.807) is 18.2 Å². The van der Waals surface area contributed by atoms with Crippen molar-refractivity contribution < 1.29 is 4.79 Å². The highest BCUT2D eigenvalue weighted by molar-refractivity contribution is 14.1. The molecule has 0 heterocycles. The summed E-state index contributed by atoms with van der Waals surface area (Å²) in [6.07, 6.45) is 0. The fourth-order valence-electron chi connectivity index (χ4n) is 0.900. The minimum absolute atomic E-state index is 0.0583. The van der Waals surface area contributed by atoms with Gasteiger partial charge in [-0.25, -0.2) is 0 Å². The summed E-state index contributed by atoms with van der Waals surface area (Å²) < 4.78 is 0.892. The number of benzene rings is 1. The molecule has 1 aromatic rings. The number of hydrogen-bond acceptors (Lipinski definition) is 1. The van der Waals surface area contributed by atoms with E-state index in [1.807, 2.05) is 6.92 Å². The van der Waals surface area contributed by atoms with Gasteiger partial charge in [-0.1, -0.05) is 11.6 Å². The summed E-state index contributed by atoms with van der Waals surface area (Å²) in [7, 11) is 0. The van der Waals surface area contributed by atoms with Crippen molar-refractivity contribution in [1.29, 1.82) is 0 Å². The maximum atomic E-state index is 11.4. The van der Waals surface area contributed by atoms with E-state index in [0.717, 1.165) is 3.57 Å². The first kappa shape index (κ1) is 10.8. The number of carbonyl (C=O) groups excluding carboxylic acids is 1. The highest BCUT2D eigenvalue weighted by Crippen LogP contribution is 2.19. The van der Waals surface area contributed by atoms with Gasteiger partial charge in [0.25, 0.3) is 5.91 Å². The van der Waals surface area contributed by atoms with Crippen LogP contribution in [0.3, 0.4) is 0 Å². The summed E-state index contributed by atoms with van der Waals surface area (Å²) in [6, 6.07) is 5.22. The van der Waals surface area contributed by atoms with Crippen LogP contribution in [0.5, 0.6) is 0 Å². The van der Waals surface area contributed by atoms with Gasteiger partial charge in [0.15, 0.2) is 0 Å². The molecule has 0 aliphatic heterocycles. The van der Waals surface area contributed by atoms with Crippen LogP contribution in [0.2, 0.25) is 5.02 Å². The predicted molar refractivity (Wildman–Crippen MR) is 62.2 cm³/mol. The van der Waals surface area contributed by atoms with Crippen LogP contribution in [-0.4, -0.2) is 12.5 Å². The third-order valence-electron chi connectivity index (χ3n) is 1.52. The molecule has 1 rings (SSSR count). The standard InChI is InChI=1S/C9H9ClINO/c1-2-12-9(13)6-3-4-7(10)8(11)5-6/h3-5H,2H2,1H3,(H,12,13). The normalized spacial score (nSPS) is 9.77. The topological polar surface area (TPSA) is 29.1 Å². The van der Waals surface area contributed by atoms with Gasteiger partial charge in [0.2, 0.25) is 0 Å². The van der Waals surface area contributed by atoms with E-state index in [9.17, 15) is 4.79 Å². The van der Waals surface area contributed by atoms with Gasteiger partial charge in [0.1, 0.15) is 0 Å². The summed E-state index contributed by atoms with van der Waals surface area (Å²) in [6.45, 7) is 2.52. The van der Waals surface area contributed by atoms with Gasteiger partial charge < -0.3 is 5.32 Å². The number of rotatable bonds is 2. The maximum absolute atomic E-state index is 11.4. The number of nitrogens with one attached hydrogen (secondary N) is 1. The zero-order valence-electron chi connectivity index (χ0n) is 7.10. The number of hydrogen-bond donors (Lipinski definition) is 1. The van der Waals surface area contributed by atoms with Gasteiger partial charge in [-0.15, -0.1) is 0 Å². The smallest absolute Gasteiger partial charge is 0.251 e. The third kappa shape index (κ3) is 2.84. The largest absolute Gasteiger partial charge is 0.352 e. The third-order valence-corrected chi connectivity index (χ3v) is 3.06. The SMILES string of the molecule is CCNC(=O)c1ccc(Cl)c(I)c1. The van der Waals surface area contributed by atoms with E-state index in [-0.39, 0.29) is 5.91 Å². The van der Waals surface area contributed by atoms with Crippen LogP contribution in [0.1, 0.15) is 17.3 Å². The lowest BCUT2D eigenvalue weighted by atomic mass is 10.2. The van der Waals surface area contributed by atoms with E-state index in [4.69, 9.17) is 11.6 Å². The first-order valence-electron chi connectivity index (χ1n) is 3.88. The van der Waals surface area contributed by atoms with Gasteiger partial charge in [0.05, 0.1) is 5.02 Å². The molecule has 2 nitrogen and oxygen atoms in total. The van der Waals surface area contributed by atoms with Crippen molar-refractivity contribution in [2.45, 2.75) is 6.92 Å². The van der Waals surface area contributed by atoms with E-state index in [0.29, 0.717) is 17.1 Å². The number of amides is 1. The molecule has 0 radical (unpaired) electrons. The molecular formula is C9H9ClINO. The lowest BCUT2D eigenvalue weighted by molar-refractivity contribution is 0.0956. The van der Waals surface area contributed by atoms with E-state index in [1.165, 1.54) is 0 Å². The molecule has 0 atom stereocenters. The van der Waals surface area contributed by atoms with Crippen LogP contribution < -0.4 is 5.32 Å². The Balaban J connectivity index is 2.90. The molecule has 0 aliphatic carbocycles. The molecular weight excluding hydrogens is 300 g/mol. The van der Waals surface area contributed by atoms with Crippen LogP contribution in [0.25, 0.3) is 0 Å². The minimum atomic E-state index is -0.0583. The molecule has 13 heavy (non-hydrogen) atoms. The Morgan fingerprint density at radius 2 is 2.31 bits per heavy atom. The van der Waals surface area contributed by atoms with Crippen molar-refractivity contribution in [3.05, 3.63) is 32.4 Å². The zero-order valence-corrected chi connectivity index (χ0v) is 10.0. The van der Waals surface area contributed by atoms with Gasteiger partial charge in [-0.05, 0) is 47.7 Å². The molecule has 1 aromatic carbocycles. The minimum Gasteiger partial charge on any atom is -0.352 e. The van der Waals surface area contributed by atoms with Crippen molar-refractivity contribution in [2.24, 2.45) is 0 Å². The molecule has 0 saturated carbocycles. The van der Waals surface area contributed by atoms with Crippen molar-refractivity contribution in [3.8, 4) is 0 Å². The van der Waals surface area contributed by atoms with Crippen molar-refractivity contribution in [1.82, 2.24) is 5.32 Å². The Morgan fingerprint density at radius 1 is 1.62 bits per heavy atom. The summed E-state index contributed by atoms with van der Waals surface area (Å²) in [4.78, 5) is 11.4. The summed E-state index contributed by atoms with van der Waals surface area (Å²) in [5.41, 5.74) is 0.649. The van der Waals surface area contributed by atoms with E-state index >= 15 is 0 Å². The lowest BCUT2D eigenvalue weighted by Gasteiger charge is -2.03. The second-order valence-electron chi connectivity index (χ2n) is 2.49. The average molecular weight is 310 g/mol. The maximum Gasteiger partial charge on any atom is 0.251 e. The van der Waals surface area contributed by atoms with E-state index < -0.39 is 0 Å². The summed E-state index contributed by atoms with van der Waals surface area (Å²) in [5, 5.41) is 3.40. The molecule has 0 fully saturated rings. The fraction of sp³-hybridized carbons (Fsp3) is 0.222. The highest BCUT2D eigenvalue weighted by atomic mass is 127. The van der Waals surface area contributed by atoms with Crippen molar-refractivity contribution in [3.63, 3.8) is 0 Å². The second kappa shape index (κ2) is 4.81. The van der Waals surface area contributed by atoms with Gasteiger partial charge in [-0.3, -0.25) is 4.79 Å². The molecule has 1 amide bonds. The molecule has 0 spiro atoms. The Hall–Kier alpha value is -0.290. The summed E-state index contributed by atoms with van der Waals surface area (Å²) >= 11 is 7.92. The Labute approximate surface area is 95.8 Å². The van der Waals surface area contributed by atoms with Gasteiger partial charge in [0, 0.05) is 15.7 Å². The second-order valence-corrected chi connectivity index (χ2v) is 4.06. The zero-order chi connectivity index (χ0) is 9.84. The van der Waals surface area contributed by atoms with Gasteiger partial charge >= 0.3 is 0 Å². The first-order chi connectivity index (χ1) is 6.15. The lowest BCUT2D eigenvalue weighted by Crippen LogP contribution is -2.22. The first-order valence-corrected chi connectivity index (χ1v) is 5.34. The average Bonchev–Trinajstić information content (AvgIpc) is 2.10. The number of carbonyl (C=O) groups is 1. The Morgan fingerprint density at radius 3 is 2.85 bits per heavy atom. The highest BCUT2D eigenvalue weighted by Gasteiger charge is 2.05. The molecule has 0 unspecified atom stereocenters. The van der Waals surface area contributed by atoms with E-state index in [2.05, 4.69) is 27.9 Å². The Kier molecular flexibility index (Phi) is 3.99. The quantitative estimate of drug-likeness (QED) is 0.836. The van der Waals surface area contributed by atoms with Crippen LogP contribution in [-0.2, 0) is 0 Å². The molecule has 0 bridgehead atoms. The van der Waals surface area contributed by atoms with Crippen LogP contribution in [0.4, 0.5) is 0 Å². The molecule has 1 N–H and O–H groups in total. The van der Waals surface area contributed by atoms with Crippen molar-refractivity contribution >= 4 is 40.1 Å². The molecule has 70 valence electrons. The van der Waals surface area contributed by atoms with Crippen LogP contribution in [0, 0.1) is 3.57 Å². The molecule has 0 aliphatic rings. The number of halogens is 2. The molecule has 0 aromatic heterocycles. The molecule has 0 saturated heterocycles. The molecule has 4 heteroatoms. The summed E-state index contributed by atoms with van der Waals surface area (Å²) in [5.74, 6) is -0.0583. The van der Waals surface area contributed by atoms with Gasteiger partial charge in [-0.2, -0.15) is 0 Å². The fourth-order valence-corrected chi connectivity index (χ4v) is 1.53. The van der Waals surface area contributed by atoms with Crippen molar-refractivity contribution in [2.75, 3.05) is 6.54 Å².